The number of rotatable bonds is 4. The molecule has 1 aliphatic heterocycles. The number of fused-ring (bicyclic) bond motifs is 1. The highest BCUT2D eigenvalue weighted by Crippen LogP contribution is 2.34. The van der Waals surface area contributed by atoms with E-state index in [0.717, 1.165) is 23.6 Å². The van der Waals surface area contributed by atoms with Crippen molar-refractivity contribution in [3.05, 3.63) is 23.8 Å². The van der Waals surface area contributed by atoms with E-state index in [0.29, 0.717) is 24.2 Å². The minimum absolute atomic E-state index is 0.150. The molecule has 5 heteroatoms. The topological polar surface area (TPSA) is 42.5 Å². The van der Waals surface area contributed by atoms with Gasteiger partial charge in [0.1, 0.15) is 13.2 Å². The first-order chi connectivity index (χ1) is 9.61. The minimum Gasteiger partial charge on any atom is -0.486 e. The third-order valence-electron chi connectivity index (χ3n) is 3.22. The van der Waals surface area contributed by atoms with Crippen molar-refractivity contribution < 1.29 is 9.47 Å². The molecule has 110 valence electrons. The molecule has 0 unspecified atom stereocenters. The lowest BCUT2D eigenvalue weighted by Gasteiger charge is -2.26. The van der Waals surface area contributed by atoms with Crippen LogP contribution in [-0.4, -0.2) is 24.9 Å². The molecule has 0 saturated carbocycles. The third kappa shape index (κ3) is 3.54. The van der Waals surface area contributed by atoms with Crippen molar-refractivity contribution >= 4 is 17.3 Å². The van der Waals surface area contributed by atoms with Gasteiger partial charge in [-0.2, -0.15) is 0 Å². The minimum atomic E-state index is 0.150. The summed E-state index contributed by atoms with van der Waals surface area (Å²) in [5.74, 6) is 2.04. The van der Waals surface area contributed by atoms with Crippen molar-refractivity contribution in [2.75, 3.05) is 19.8 Å². The van der Waals surface area contributed by atoms with Gasteiger partial charge in [-0.15, -0.1) is 0 Å². The maximum atomic E-state index is 5.65. The Bertz CT molecular complexity index is 477. The van der Waals surface area contributed by atoms with Crippen molar-refractivity contribution in [2.24, 2.45) is 5.92 Å². The van der Waals surface area contributed by atoms with E-state index in [4.69, 9.17) is 21.7 Å². The second-order valence-electron chi connectivity index (χ2n) is 5.13. The van der Waals surface area contributed by atoms with E-state index >= 15 is 0 Å². The fourth-order valence-electron chi connectivity index (χ4n) is 2.24. The quantitative estimate of drug-likeness (QED) is 0.836. The number of hydrogen-bond acceptors (Lipinski definition) is 3. The molecule has 0 amide bonds. The third-order valence-corrected chi connectivity index (χ3v) is 3.48. The van der Waals surface area contributed by atoms with Gasteiger partial charge >= 0.3 is 0 Å². The molecule has 20 heavy (non-hydrogen) atoms. The van der Waals surface area contributed by atoms with Crippen LogP contribution in [0.5, 0.6) is 11.5 Å². The van der Waals surface area contributed by atoms with E-state index in [1.165, 1.54) is 0 Å². The molecule has 0 spiro atoms. The van der Waals surface area contributed by atoms with Crippen molar-refractivity contribution in [3.8, 4) is 11.5 Å². The predicted molar refractivity (Wildman–Crippen MR) is 84.4 cm³/mol. The van der Waals surface area contributed by atoms with Crippen LogP contribution in [0, 0.1) is 5.92 Å². The molecule has 0 fully saturated rings. The number of hydrogen-bond donors (Lipinski definition) is 2. The molecule has 1 aromatic carbocycles. The highest BCUT2D eigenvalue weighted by atomic mass is 32.1. The standard InChI is InChI=1S/C15H22N2O2S/c1-4-16-15(20)17-14(10(2)3)11-5-6-12-13(9-11)19-8-7-18-12/h5-6,9-10,14H,4,7-8H2,1-3H3,(H2,16,17,20)/t14-/m1/s1. The first kappa shape index (κ1) is 14.9. The van der Waals surface area contributed by atoms with Crippen LogP contribution in [-0.2, 0) is 0 Å². The van der Waals surface area contributed by atoms with Crippen LogP contribution < -0.4 is 20.1 Å². The van der Waals surface area contributed by atoms with Gasteiger partial charge in [0, 0.05) is 6.54 Å². The lowest BCUT2D eigenvalue weighted by molar-refractivity contribution is 0.171. The highest BCUT2D eigenvalue weighted by Gasteiger charge is 2.20. The fraction of sp³-hybridized carbons (Fsp3) is 0.533. The first-order valence-corrected chi connectivity index (χ1v) is 7.46. The fourth-order valence-corrected chi connectivity index (χ4v) is 2.51. The van der Waals surface area contributed by atoms with Crippen LogP contribution in [0.2, 0.25) is 0 Å². The van der Waals surface area contributed by atoms with Gasteiger partial charge in [-0.05, 0) is 42.8 Å². The molecule has 0 radical (unpaired) electrons. The molecular formula is C15H22N2O2S. The SMILES string of the molecule is CCNC(=S)N[C@@H](c1ccc2c(c1)OCCO2)C(C)C. The molecule has 0 aliphatic carbocycles. The summed E-state index contributed by atoms with van der Waals surface area (Å²) in [6.07, 6.45) is 0. The smallest absolute Gasteiger partial charge is 0.166 e. The lowest BCUT2D eigenvalue weighted by Crippen LogP contribution is -2.39. The van der Waals surface area contributed by atoms with Crippen LogP contribution >= 0.6 is 12.2 Å². The zero-order valence-electron chi connectivity index (χ0n) is 12.2. The Kier molecular flexibility index (Phi) is 5.06. The number of benzene rings is 1. The van der Waals surface area contributed by atoms with Crippen molar-refractivity contribution in [1.29, 1.82) is 0 Å². The van der Waals surface area contributed by atoms with E-state index in [1.54, 1.807) is 0 Å². The summed E-state index contributed by atoms with van der Waals surface area (Å²) in [7, 11) is 0. The van der Waals surface area contributed by atoms with Gasteiger partial charge in [-0.1, -0.05) is 19.9 Å². The molecule has 0 aromatic heterocycles. The zero-order valence-corrected chi connectivity index (χ0v) is 13.0. The Balaban J connectivity index is 2.18. The molecule has 1 aliphatic rings. The van der Waals surface area contributed by atoms with Gasteiger partial charge in [0.25, 0.3) is 0 Å². The summed E-state index contributed by atoms with van der Waals surface area (Å²) >= 11 is 5.29. The van der Waals surface area contributed by atoms with E-state index in [1.807, 2.05) is 19.1 Å². The van der Waals surface area contributed by atoms with Gasteiger partial charge in [-0.3, -0.25) is 0 Å². The average molecular weight is 294 g/mol. The van der Waals surface area contributed by atoms with E-state index in [-0.39, 0.29) is 6.04 Å². The monoisotopic (exact) mass is 294 g/mol. The van der Waals surface area contributed by atoms with Gasteiger partial charge < -0.3 is 20.1 Å². The van der Waals surface area contributed by atoms with Gasteiger partial charge in [0.15, 0.2) is 16.6 Å². The van der Waals surface area contributed by atoms with Crippen LogP contribution in [0.1, 0.15) is 32.4 Å². The average Bonchev–Trinajstić information content (AvgIpc) is 2.44. The maximum absolute atomic E-state index is 5.65. The molecule has 4 nitrogen and oxygen atoms in total. The van der Waals surface area contributed by atoms with Crippen LogP contribution in [0.4, 0.5) is 0 Å². The Morgan fingerprint density at radius 2 is 1.95 bits per heavy atom. The molecule has 2 N–H and O–H groups in total. The molecule has 0 saturated heterocycles. The summed E-state index contributed by atoms with van der Waals surface area (Å²) in [6.45, 7) is 8.40. The van der Waals surface area contributed by atoms with Gasteiger partial charge in [0.2, 0.25) is 0 Å². The Morgan fingerprint density at radius 3 is 2.60 bits per heavy atom. The van der Waals surface area contributed by atoms with Crippen LogP contribution in [0.15, 0.2) is 18.2 Å². The Hall–Kier alpha value is -1.49. The van der Waals surface area contributed by atoms with E-state index in [2.05, 4.69) is 30.5 Å². The number of ether oxygens (including phenoxy) is 2. The second kappa shape index (κ2) is 6.79. The molecule has 1 aromatic rings. The normalized spacial score (nSPS) is 14.8. The Labute approximate surface area is 125 Å². The van der Waals surface area contributed by atoms with Crippen LogP contribution in [0.25, 0.3) is 0 Å². The highest BCUT2D eigenvalue weighted by molar-refractivity contribution is 7.80. The first-order valence-electron chi connectivity index (χ1n) is 7.05. The van der Waals surface area contributed by atoms with Crippen molar-refractivity contribution in [2.45, 2.75) is 26.8 Å². The molecular weight excluding hydrogens is 272 g/mol. The summed E-state index contributed by atoms with van der Waals surface area (Å²) in [5, 5.41) is 7.17. The van der Waals surface area contributed by atoms with Crippen LogP contribution in [0.3, 0.4) is 0 Å². The molecule has 1 heterocycles. The van der Waals surface area contributed by atoms with Crippen molar-refractivity contribution in [3.63, 3.8) is 0 Å². The summed E-state index contributed by atoms with van der Waals surface area (Å²) in [4.78, 5) is 0. The number of thiocarbonyl (C=S) groups is 1. The second-order valence-corrected chi connectivity index (χ2v) is 5.54. The molecule has 2 rings (SSSR count). The van der Waals surface area contributed by atoms with Gasteiger partial charge in [-0.25, -0.2) is 0 Å². The summed E-state index contributed by atoms with van der Waals surface area (Å²) < 4.78 is 11.2. The maximum Gasteiger partial charge on any atom is 0.166 e. The molecule has 0 bridgehead atoms. The summed E-state index contributed by atoms with van der Waals surface area (Å²) in [6, 6.07) is 6.23. The van der Waals surface area contributed by atoms with E-state index < -0.39 is 0 Å². The predicted octanol–water partition coefficient (Wildman–Crippen LogP) is 2.64. The molecule has 1 atom stereocenters. The Morgan fingerprint density at radius 1 is 1.25 bits per heavy atom. The number of nitrogens with one attached hydrogen (secondary N) is 2. The summed E-state index contributed by atoms with van der Waals surface area (Å²) in [5.41, 5.74) is 1.16. The van der Waals surface area contributed by atoms with Crippen molar-refractivity contribution in [1.82, 2.24) is 10.6 Å². The van der Waals surface area contributed by atoms with Gasteiger partial charge in [0.05, 0.1) is 6.04 Å². The van der Waals surface area contributed by atoms with E-state index in [9.17, 15) is 0 Å². The zero-order chi connectivity index (χ0) is 14.5. The largest absolute Gasteiger partial charge is 0.486 e. The lowest BCUT2D eigenvalue weighted by atomic mass is 9.96.